The highest BCUT2D eigenvalue weighted by atomic mass is 32.2. The Bertz CT molecular complexity index is 842. The Morgan fingerprint density at radius 1 is 1.10 bits per heavy atom. The van der Waals surface area contributed by atoms with Gasteiger partial charge in [0.25, 0.3) is 0 Å². The van der Waals surface area contributed by atoms with E-state index in [9.17, 15) is 18.0 Å². The summed E-state index contributed by atoms with van der Waals surface area (Å²) in [7, 11) is -3.55. The zero-order valence-corrected chi connectivity index (χ0v) is 18.8. The largest absolute Gasteiger partial charge is 0.353 e. The van der Waals surface area contributed by atoms with E-state index < -0.39 is 10.0 Å². The van der Waals surface area contributed by atoms with Gasteiger partial charge in [-0.25, -0.2) is 8.42 Å². The Labute approximate surface area is 179 Å². The molecule has 1 saturated carbocycles. The van der Waals surface area contributed by atoms with Crippen molar-refractivity contribution >= 4 is 27.5 Å². The van der Waals surface area contributed by atoms with Gasteiger partial charge in [0.05, 0.1) is 10.8 Å². The normalized spacial score (nSPS) is 20.3. The van der Waals surface area contributed by atoms with Crippen LogP contribution >= 0.6 is 0 Å². The van der Waals surface area contributed by atoms with Crippen LogP contribution in [0, 0.1) is 5.92 Å². The Hall–Kier alpha value is -1.93. The summed E-state index contributed by atoms with van der Waals surface area (Å²) < 4.78 is 27.3. The molecule has 7 nitrogen and oxygen atoms in total. The van der Waals surface area contributed by atoms with Crippen LogP contribution in [0.5, 0.6) is 0 Å². The average Bonchev–Trinajstić information content (AvgIpc) is 3.37. The number of hydrogen-bond acceptors (Lipinski definition) is 4. The quantitative estimate of drug-likeness (QED) is 0.646. The molecule has 8 heteroatoms. The van der Waals surface area contributed by atoms with Crippen molar-refractivity contribution in [2.45, 2.75) is 69.7 Å². The number of sulfonamides is 1. The first kappa shape index (κ1) is 22.7. The van der Waals surface area contributed by atoms with Gasteiger partial charge in [0.15, 0.2) is 0 Å². The molecule has 2 amide bonds. The molecule has 0 radical (unpaired) electrons. The second kappa shape index (κ2) is 9.92. The SMILES string of the molecule is CCCN(CCC)S(=O)(=O)c1ccc(N2CC(C(=O)NC3CCCC3)CC2=O)cc1. The minimum Gasteiger partial charge on any atom is -0.353 e. The summed E-state index contributed by atoms with van der Waals surface area (Å²) in [6, 6.07) is 6.68. The molecule has 0 bridgehead atoms. The number of carbonyl (C=O) groups is 2. The second-order valence-corrected chi connectivity index (χ2v) is 10.2. The molecule has 1 unspecified atom stereocenters. The number of nitrogens with zero attached hydrogens (tertiary/aromatic N) is 2. The van der Waals surface area contributed by atoms with Crippen LogP contribution in [0.15, 0.2) is 29.2 Å². The lowest BCUT2D eigenvalue weighted by molar-refractivity contribution is -0.126. The summed E-state index contributed by atoms with van der Waals surface area (Å²) in [5.41, 5.74) is 0.632. The van der Waals surface area contributed by atoms with Crippen molar-refractivity contribution in [2.75, 3.05) is 24.5 Å². The van der Waals surface area contributed by atoms with Crippen molar-refractivity contribution < 1.29 is 18.0 Å². The molecule has 1 saturated heterocycles. The summed E-state index contributed by atoms with van der Waals surface area (Å²) in [5, 5.41) is 3.08. The van der Waals surface area contributed by atoms with Crippen molar-refractivity contribution in [3.8, 4) is 0 Å². The van der Waals surface area contributed by atoms with Crippen LogP contribution in [0.3, 0.4) is 0 Å². The van der Waals surface area contributed by atoms with E-state index in [0.29, 0.717) is 25.3 Å². The van der Waals surface area contributed by atoms with Gasteiger partial charge in [-0.1, -0.05) is 26.7 Å². The summed E-state index contributed by atoms with van der Waals surface area (Å²) in [5.74, 6) is -0.506. The lowest BCUT2D eigenvalue weighted by Crippen LogP contribution is -2.38. The molecule has 166 valence electrons. The van der Waals surface area contributed by atoms with E-state index in [1.807, 2.05) is 13.8 Å². The fourth-order valence-electron chi connectivity index (χ4n) is 4.32. The van der Waals surface area contributed by atoms with Crippen LogP contribution in [0.2, 0.25) is 0 Å². The van der Waals surface area contributed by atoms with Crippen LogP contribution in [0.25, 0.3) is 0 Å². The minimum absolute atomic E-state index is 0.0493. The fourth-order valence-corrected chi connectivity index (χ4v) is 5.94. The van der Waals surface area contributed by atoms with Gasteiger partial charge in [0.2, 0.25) is 21.8 Å². The van der Waals surface area contributed by atoms with E-state index in [0.717, 1.165) is 38.5 Å². The van der Waals surface area contributed by atoms with Gasteiger partial charge in [0, 0.05) is 37.8 Å². The third-order valence-electron chi connectivity index (χ3n) is 5.93. The average molecular weight is 436 g/mol. The third kappa shape index (κ3) is 5.03. The van der Waals surface area contributed by atoms with E-state index >= 15 is 0 Å². The molecule has 1 aromatic rings. The first-order chi connectivity index (χ1) is 14.4. The molecule has 0 spiro atoms. The summed E-state index contributed by atoms with van der Waals surface area (Å²) in [6.45, 7) is 5.22. The predicted octanol–water partition coefficient (Wildman–Crippen LogP) is 2.91. The van der Waals surface area contributed by atoms with Gasteiger partial charge in [-0.3, -0.25) is 9.59 Å². The Morgan fingerprint density at radius 2 is 1.70 bits per heavy atom. The monoisotopic (exact) mass is 435 g/mol. The van der Waals surface area contributed by atoms with Gasteiger partial charge < -0.3 is 10.2 Å². The van der Waals surface area contributed by atoms with Gasteiger partial charge >= 0.3 is 0 Å². The van der Waals surface area contributed by atoms with Gasteiger partial charge in [0.1, 0.15) is 0 Å². The molecule has 1 aliphatic carbocycles. The van der Waals surface area contributed by atoms with Crippen molar-refractivity contribution in [1.82, 2.24) is 9.62 Å². The molecular formula is C22H33N3O4S. The van der Waals surface area contributed by atoms with E-state index in [2.05, 4.69) is 5.32 Å². The maximum absolute atomic E-state index is 12.9. The highest BCUT2D eigenvalue weighted by Gasteiger charge is 2.36. The Kier molecular flexibility index (Phi) is 7.52. The number of carbonyl (C=O) groups excluding carboxylic acids is 2. The highest BCUT2D eigenvalue weighted by molar-refractivity contribution is 7.89. The van der Waals surface area contributed by atoms with Crippen molar-refractivity contribution in [3.63, 3.8) is 0 Å². The van der Waals surface area contributed by atoms with Crippen LogP contribution < -0.4 is 10.2 Å². The molecule has 1 heterocycles. The van der Waals surface area contributed by atoms with E-state index in [1.54, 1.807) is 29.2 Å². The molecule has 3 rings (SSSR count). The summed E-state index contributed by atoms with van der Waals surface area (Å²) in [6.07, 6.45) is 6.01. The minimum atomic E-state index is -3.55. The lowest BCUT2D eigenvalue weighted by atomic mass is 10.1. The number of benzene rings is 1. The number of anilines is 1. The first-order valence-corrected chi connectivity index (χ1v) is 12.5. The number of nitrogens with one attached hydrogen (secondary N) is 1. The molecule has 1 aromatic carbocycles. The summed E-state index contributed by atoms with van der Waals surface area (Å²) in [4.78, 5) is 26.9. The Morgan fingerprint density at radius 3 is 2.27 bits per heavy atom. The molecule has 2 fully saturated rings. The van der Waals surface area contributed by atoms with Gasteiger partial charge in [-0.05, 0) is 49.9 Å². The lowest BCUT2D eigenvalue weighted by Gasteiger charge is -2.22. The second-order valence-electron chi connectivity index (χ2n) is 8.29. The van der Waals surface area contributed by atoms with Crippen molar-refractivity contribution in [2.24, 2.45) is 5.92 Å². The maximum atomic E-state index is 12.9. The number of amides is 2. The van der Waals surface area contributed by atoms with E-state index in [1.165, 1.54) is 4.31 Å². The predicted molar refractivity (Wildman–Crippen MR) is 117 cm³/mol. The topological polar surface area (TPSA) is 86.8 Å². The van der Waals surface area contributed by atoms with Crippen molar-refractivity contribution in [3.05, 3.63) is 24.3 Å². The van der Waals surface area contributed by atoms with Gasteiger partial charge in [-0.15, -0.1) is 0 Å². The van der Waals surface area contributed by atoms with Crippen LogP contribution in [0.1, 0.15) is 58.8 Å². The fraction of sp³-hybridized carbons (Fsp3) is 0.636. The molecule has 1 aliphatic heterocycles. The summed E-state index contributed by atoms with van der Waals surface area (Å²) >= 11 is 0. The Balaban J connectivity index is 1.68. The smallest absolute Gasteiger partial charge is 0.243 e. The number of hydrogen-bond donors (Lipinski definition) is 1. The molecule has 2 aliphatic rings. The molecule has 1 atom stereocenters. The number of rotatable bonds is 9. The standard InChI is InChI=1S/C22H33N3O4S/c1-3-13-24(14-4-2)30(28,29)20-11-9-19(10-12-20)25-16-17(15-21(25)26)22(27)23-18-7-5-6-8-18/h9-12,17-18H,3-8,13-16H2,1-2H3,(H,23,27). The first-order valence-electron chi connectivity index (χ1n) is 11.1. The van der Waals surface area contributed by atoms with Crippen molar-refractivity contribution in [1.29, 1.82) is 0 Å². The van der Waals surface area contributed by atoms with E-state index in [4.69, 9.17) is 0 Å². The van der Waals surface area contributed by atoms with Crippen LogP contribution in [0.4, 0.5) is 5.69 Å². The molecule has 30 heavy (non-hydrogen) atoms. The third-order valence-corrected chi connectivity index (χ3v) is 7.84. The molecular weight excluding hydrogens is 402 g/mol. The van der Waals surface area contributed by atoms with Crippen LogP contribution in [-0.4, -0.2) is 50.2 Å². The van der Waals surface area contributed by atoms with Crippen LogP contribution in [-0.2, 0) is 19.6 Å². The van der Waals surface area contributed by atoms with Gasteiger partial charge in [-0.2, -0.15) is 4.31 Å². The highest BCUT2D eigenvalue weighted by Crippen LogP contribution is 2.28. The van der Waals surface area contributed by atoms with E-state index in [-0.39, 0.29) is 35.1 Å². The molecule has 1 N–H and O–H groups in total. The maximum Gasteiger partial charge on any atom is 0.243 e. The molecule has 0 aromatic heterocycles. The zero-order chi connectivity index (χ0) is 21.7. The zero-order valence-electron chi connectivity index (χ0n) is 18.0.